The van der Waals surface area contributed by atoms with Crippen LogP contribution in [0, 0.1) is 11.3 Å². The molecule has 0 spiro atoms. The lowest BCUT2D eigenvalue weighted by Crippen LogP contribution is -2.19. The Morgan fingerprint density at radius 2 is 1.54 bits per heavy atom. The second-order valence-electron chi connectivity index (χ2n) is 7.69. The van der Waals surface area contributed by atoms with Crippen molar-refractivity contribution in [2.75, 3.05) is 13.7 Å². The van der Waals surface area contributed by atoms with Crippen molar-refractivity contribution in [3.8, 4) is 0 Å². The third-order valence-corrected chi connectivity index (χ3v) is 4.85. The van der Waals surface area contributed by atoms with E-state index >= 15 is 0 Å². The minimum absolute atomic E-state index is 0.256. The second kappa shape index (κ2) is 8.35. The smallest absolute Gasteiger partial charge is 0.338 e. The summed E-state index contributed by atoms with van der Waals surface area (Å²) in [5.41, 5.74) is 1.26. The number of esters is 2. The van der Waals surface area contributed by atoms with Crippen LogP contribution in [0.3, 0.4) is 0 Å². The fourth-order valence-corrected chi connectivity index (χ4v) is 3.07. The van der Waals surface area contributed by atoms with Crippen molar-refractivity contribution >= 4 is 22.7 Å². The number of methoxy groups -OCH3 is 1. The topological polar surface area (TPSA) is 52.6 Å². The zero-order valence-electron chi connectivity index (χ0n) is 16.3. The quantitative estimate of drug-likeness (QED) is 0.636. The number of rotatable bonds is 7. The van der Waals surface area contributed by atoms with Gasteiger partial charge in [0.2, 0.25) is 0 Å². The van der Waals surface area contributed by atoms with Gasteiger partial charge in [-0.3, -0.25) is 0 Å². The van der Waals surface area contributed by atoms with Crippen LogP contribution in [0.4, 0.5) is 0 Å². The van der Waals surface area contributed by atoms with E-state index in [9.17, 15) is 9.59 Å². The molecule has 0 fully saturated rings. The first-order chi connectivity index (χ1) is 12.3. The van der Waals surface area contributed by atoms with Gasteiger partial charge in [-0.05, 0) is 52.8 Å². The molecule has 0 aliphatic rings. The van der Waals surface area contributed by atoms with Crippen molar-refractivity contribution in [3.63, 3.8) is 0 Å². The van der Waals surface area contributed by atoms with Crippen LogP contribution in [0.15, 0.2) is 36.4 Å². The van der Waals surface area contributed by atoms with Gasteiger partial charge in [-0.1, -0.05) is 46.2 Å². The average Bonchev–Trinajstić information content (AvgIpc) is 2.64. The Morgan fingerprint density at radius 1 is 1.00 bits per heavy atom. The van der Waals surface area contributed by atoms with E-state index < -0.39 is 0 Å². The predicted octanol–water partition coefficient (Wildman–Crippen LogP) is 5.25. The van der Waals surface area contributed by atoms with Crippen molar-refractivity contribution in [2.45, 2.75) is 40.5 Å². The lowest BCUT2D eigenvalue weighted by atomic mass is 9.81. The number of fused-ring (bicyclic) bond motifs is 1. The highest BCUT2D eigenvalue weighted by molar-refractivity contribution is 5.98. The molecule has 26 heavy (non-hydrogen) atoms. The molecule has 2 aromatic carbocycles. The molecule has 4 nitrogen and oxygen atoms in total. The molecule has 0 saturated heterocycles. The monoisotopic (exact) mass is 356 g/mol. The van der Waals surface area contributed by atoms with Crippen LogP contribution in [-0.2, 0) is 9.47 Å². The Hall–Kier alpha value is -2.36. The van der Waals surface area contributed by atoms with Gasteiger partial charge in [0.05, 0.1) is 24.8 Å². The van der Waals surface area contributed by atoms with Crippen LogP contribution in [0.5, 0.6) is 0 Å². The molecule has 0 bridgehead atoms. The molecular weight excluding hydrogens is 328 g/mol. The van der Waals surface area contributed by atoms with Crippen molar-refractivity contribution in [1.29, 1.82) is 0 Å². The summed E-state index contributed by atoms with van der Waals surface area (Å²) in [5, 5.41) is 1.76. The Labute approximate surface area is 155 Å². The van der Waals surface area contributed by atoms with Crippen LogP contribution >= 0.6 is 0 Å². The summed E-state index contributed by atoms with van der Waals surface area (Å²) >= 11 is 0. The second-order valence-corrected chi connectivity index (χ2v) is 7.69. The zero-order valence-corrected chi connectivity index (χ0v) is 16.3. The molecule has 4 heteroatoms. The van der Waals surface area contributed by atoms with Gasteiger partial charge in [0.25, 0.3) is 0 Å². The lowest BCUT2D eigenvalue weighted by molar-refractivity contribution is 0.0415. The van der Waals surface area contributed by atoms with Gasteiger partial charge in [-0.2, -0.15) is 0 Å². The summed E-state index contributed by atoms with van der Waals surface area (Å²) in [6, 6.07) is 10.6. The number of benzene rings is 2. The minimum Gasteiger partial charge on any atom is -0.465 e. The van der Waals surface area contributed by atoms with E-state index in [1.165, 1.54) is 7.11 Å². The summed E-state index contributed by atoms with van der Waals surface area (Å²) in [4.78, 5) is 24.0. The highest BCUT2D eigenvalue weighted by Gasteiger charge is 2.20. The molecule has 2 aromatic rings. The first-order valence-corrected chi connectivity index (χ1v) is 9.05. The van der Waals surface area contributed by atoms with Crippen LogP contribution in [0.25, 0.3) is 10.8 Å². The Morgan fingerprint density at radius 3 is 2.04 bits per heavy atom. The van der Waals surface area contributed by atoms with Gasteiger partial charge in [0.15, 0.2) is 0 Å². The first-order valence-electron chi connectivity index (χ1n) is 9.05. The fraction of sp³-hybridized carbons (Fsp3) is 0.455. The van der Waals surface area contributed by atoms with E-state index in [1.54, 1.807) is 24.3 Å². The SMILES string of the molecule is CCC(C)(C)CC(C)COC(=O)c1ccc2cc(C(=O)OC)ccc2c1. The normalized spacial score (nSPS) is 12.7. The number of hydrogen-bond donors (Lipinski definition) is 0. The van der Waals surface area contributed by atoms with Gasteiger partial charge in [-0.15, -0.1) is 0 Å². The highest BCUT2D eigenvalue weighted by atomic mass is 16.5. The molecule has 0 N–H and O–H groups in total. The van der Waals surface area contributed by atoms with Gasteiger partial charge >= 0.3 is 11.9 Å². The minimum atomic E-state index is -0.376. The largest absolute Gasteiger partial charge is 0.465 e. The summed E-state index contributed by atoms with van der Waals surface area (Å²) < 4.78 is 10.2. The van der Waals surface area contributed by atoms with Gasteiger partial charge in [0.1, 0.15) is 0 Å². The highest BCUT2D eigenvalue weighted by Crippen LogP contribution is 2.29. The Kier molecular flexibility index (Phi) is 6.41. The molecule has 1 unspecified atom stereocenters. The molecule has 0 heterocycles. The summed E-state index contributed by atoms with van der Waals surface area (Å²) in [5.74, 6) is -0.374. The molecular formula is C22H28O4. The third-order valence-electron chi connectivity index (χ3n) is 4.85. The van der Waals surface area contributed by atoms with Crippen molar-refractivity contribution in [3.05, 3.63) is 47.5 Å². The zero-order chi connectivity index (χ0) is 19.3. The van der Waals surface area contributed by atoms with E-state index in [-0.39, 0.29) is 17.4 Å². The summed E-state index contributed by atoms with van der Waals surface area (Å²) in [6.07, 6.45) is 2.12. The average molecular weight is 356 g/mol. The number of ether oxygens (including phenoxy) is 2. The lowest BCUT2D eigenvalue weighted by Gasteiger charge is -2.26. The molecule has 1 atom stereocenters. The van der Waals surface area contributed by atoms with Crippen molar-refractivity contribution < 1.29 is 19.1 Å². The van der Waals surface area contributed by atoms with Crippen molar-refractivity contribution in [2.24, 2.45) is 11.3 Å². The predicted molar refractivity (Wildman–Crippen MR) is 103 cm³/mol. The van der Waals surface area contributed by atoms with E-state index in [4.69, 9.17) is 9.47 Å². The Balaban J connectivity index is 2.05. The molecule has 140 valence electrons. The number of hydrogen-bond acceptors (Lipinski definition) is 4. The van der Waals surface area contributed by atoms with Crippen LogP contribution < -0.4 is 0 Å². The molecule has 0 saturated carbocycles. The molecule has 2 rings (SSSR count). The molecule has 0 aliphatic heterocycles. The van der Waals surface area contributed by atoms with E-state index in [1.807, 2.05) is 12.1 Å². The van der Waals surface area contributed by atoms with Crippen molar-refractivity contribution in [1.82, 2.24) is 0 Å². The van der Waals surface area contributed by atoms with E-state index in [0.717, 1.165) is 23.6 Å². The molecule has 0 aliphatic carbocycles. The van der Waals surface area contributed by atoms with Crippen LogP contribution in [-0.4, -0.2) is 25.7 Å². The molecule has 0 aromatic heterocycles. The third kappa shape index (κ3) is 5.07. The molecule has 0 radical (unpaired) electrons. The van der Waals surface area contributed by atoms with Crippen LogP contribution in [0.1, 0.15) is 61.3 Å². The van der Waals surface area contributed by atoms with Gasteiger partial charge < -0.3 is 9.47 Å². The number of carbonyl (C=O) groups excluding carboxylic acids is 2. The summed E-state index contributed by atoms with van der Waals surface area (Å²) in [6.45, 7) is 9.18. The van der Waals surface area contributed by atoms with Gasteiger partial charge in [0, 0.05) is 0 Å². The fourth-order valence-electron chi connectivity index (χ4n) is 3.07. The van der Waals surface area contributed by atoms with Gasteiger partial charge in [-0.25, -0.2) is 9.59 Å². The first kappa shape index (κ1) is 20.0. The maximum atomic E-state index is 12.4. The maximum Gasteiger partial charge on any atom is 0.338 e. The van der Waals surface area contributed by atoms with Crippen LogP contribution in [0.2, 0.25) is 0 Å². The van der Waals surface area contributed by atoms with E-state index in [0.29, 0.717) is 23.7 Å². The number of carbonyl (C=O) groups is 2. The maximum absolute atomic E-state index is 12.4. The summed E-state index contributed by atoms with van der Waals surface area (Å²) in [7, 11) is 1.36. The molecule has 0 amide bonds. The Bertz CT molecular complexity index is 792. The standard InChI is InChI=1S/C22H28O4/c1-6-22(3,4)13-15(2)14-26-21(24)19-10-8-16-11-18(20(23)25-5)9-7-17(16)12-19/h7-12,15H,6,13-14H2,1-5H3. The van der Waals surface area contributed by atoms with E-state index in [2.05, 4.69) is 27.7 Å².